The van der Waals surface area contributed by atoms with Crippen LogP contribution in [0.3, 0.4) is 0 Å². The fraction of sp³-hybridized carbons (Fsp3) is 0.333. The van der Waals surface area contributed by atoms with Crippen LogP contribution in [0.25, 0.3) is 10.9 Å². The number of likely N-dealkylation sites (tertiary alicyclic amines) is 1. The minimum absolute atomic E-state index is 0.0252. The third kappa shape index (κ3) is 5.56. The zero-order valence-electron chi connectivity index (χ0n) is 21.5. The van der Waals surface area contributed by atoms with Crippen LogP contribution in [0.5, 0.6) is 0 Å². The minimum atomic E-state index is -0.0252. The highest BCUT2D eigenvalue weighted by Crippen LogP contribution is 2.28. The normalized spacial score (nSPS) is 15.0. The smallest absolute Gasteiger partial charge is 0.272 e. The van der Waals surface area contributed by atoms with Crippen LogP contribution < -0.4 is 0 Å². The number of aromatic nitrogens is 3. The first-order valence-corrected chi connectivity index (χ1v) is 12.9. The number of fused-ring (bicyclic) bond motifs is 1. The molecule has 37 heavy (non-hydrogen) atoms. The summed E-state index contributed by atoms with van der Waals surface area (Å²) in [4.78, 5) is 34.9. The maximum absolute atomic E-state index is 13.3. The molecule has 2 aromatic carbocycles. The minimum Gasteiger partial charge on any atom is -0.341 e. The van der Waals surface area contributed by atoms with Crippen molar-refractivity contribution in [1.29, 1.82) is 0 Å². The number of hydrogen-bond acceptors (Lipinski definition) is 4. The number of likely N-dealkylation sites (N-methyl/N-ethyl adjacent to an activating group) is 1. The Bertz CT molecular complexity index is 1380. The molecule has 4 aromatic rings. The number of benzene rings is 2. The maximum Gasteiger partial charge on any atom is 0.272 e. The molecule has 1 atom stereocenters. The van der Waals surface area contributed by atoms with Crippen molar-refractivity contribution in [2.45, 2.75) is 38.8 Å². The second kappa shape index (κ2) is 10.9. The van der Waals surface area contributed by atoms with Crippen LogP contribution in [0.15, 0.2) is 79.1 Å². The molecule has 2 amide bonds. The Labute approximate surface area is 217 Å². The number of piperidine rings is 1. The van der Waals surface area contributed by atoms with Gasteiger partial charge in [-0.15, -0.1) is 0 Å². The summed E-state index contributed by atoms with van der Waals surface area (Å²) in [5.74, 6) is 0.309. The molecule has 1 aliphatic heterocycles. The van der Waals surface area contributed by atoms with Crippen molar-refractivity contribution in [3.63, 3.8) is 0 Å². The van der Waals surface area contributed by atoms with E-state index in [1.807, 2.05) is 71.6 Å². The molecule has 1 saturated heterocycles. The zero-order chi connectivity index (χ0) is 25.8. The van der Waals surface area contributed by atoms with Crippen molar-refractivity contribution >= 4 is 22.7 Å². The quantitative estimate of drug-likeness (QED) is 0.382. The van der Waals surface area contributed by atoms with E-state index >= 15 is 0 Å². The predicted molar refractivity (Wildman–Crippen MR) is 144 cm³/mol. The van der Waals surface area contributed by atoms with E-state index in [1.54, 1.807) is 10.9 Å². The average molecular weight is 496 g/mol. The second-order valence-corrected chi connectivity index (χ2v) is 9.93. The van der Waals surface area contributed by atoms with Gasteiger partial charge in [0, 0.05) is 44.0 Å². The fourth-order valence-electron chi connectivity index (χ4n) is 5.35. The molecule has 0 bridgehead atoms. The van der Waals surface area contributed by atoms with Crippen molar-refractivity contribution in [3.8, 4) is 0 Å². The Balaban J connectivity index is 1.30. The van der Waals surface area contributed by atoms with Crippen LogP contribution in [0.2, 0.25) is 0 Å². The summed E-state index contributed by atoms with van der Waals surface area (Å²) in [5, 5.41) is 5.23. The van der Waals surface area contributed by atoms with Gasteiger partial charge in [0.2, 0.25) is 5.91 Å². The Kier molecular flexibility index (Phi) is 7.30. The third-order valence-corrected chi connectivity index (χ3v) is 7.63. The first kappa shape index (κ1) is 24.7. The lowest BCUT2D eigenvalue weighted by molar-refractivity contribution is -0.134. The van der Waals surface area contributed by atoms with Gasteiger partial charge >= 0.3 is 0 Å². The van der Waals surface area contributed by atoms with Crippen molar-refractivity contribution in [3.05, 3.63) is 95.9 Å². The summed E-state index contributed by atoms with van der Waals surface area (Å²) < 4.78 is 1.67. The molecule has 190 valence electrons. The highest BCUT2D eigenvalue weighted by atomic mass is 16.2. The standard InChI is InChI=1S/C30H33N5O2/c1-22-8-3-4-10-25(22)20-28(33(2)29(36)21-35-17-7-16-31-35)24-14-18-34(19-15-24)30(37)27-13-12-23-9-5-6-11-26(23)32-27/h3-13,16-17,24,28H,14-15,18-21H2,1-2H3/t28-/m0/s1. The first-order valence-electron chi connectivity index (χ1n) is 12.9. The molecule has 0 spiro atoms. The SMILES string of the molecule is Cc1ccccc1C[C@@H](C1CCN(C(=O)c2ccc3ccccc3n2)CC1)N(C)C(=O)Cn1cccn1. The number of carbonyl (C=O) groups is 2. The van der Waals surface area contributed by atoms with Gasteiger partial charge in [0.1, 0.15) is 12.2 Å². The van der Waals surface area contributed by atoms with Gasteiger partial charge in [-0.05, 0) is 61.4 Å². The van der Waals surface area contributed by atoms with Crippen molar-refractivity contribution in [1.82, 2.24) is 24.6 Å². The average Bonchev–Trinajstić information content (AvgIpc) is 3.45. The van der Waals surface area contributed by atoms with Crippen molar-refractivity contribution in [2.75, 3.05) is 20.1 Å². The predicted octanol–water partition coefficient (Wildman–Crippen LogP) is 4.36. The van der Waals surface area contributed by atoms with E-state index in [2.05, 4.69) is 35.2 Å². The molecule has 5 rings (SSSR count). The van der Waals surface area contributed by atoms with Gasteiger partial charge in [0.25, 0.3) is 5.91 Å². The number of amides is 2. The van der Waals surface area contributed by atoms with Gasteiger partial charge < -0.3 is 9.80 Å². The summed E-state index contributed by atoms with van der Waals surface area (Å²) in [6.07, 6.45) is 5.98. The highest BCUT2D eigenvalue weighted by Gasteiger charge is 2.33. The van der Waals surface area contributed by atoms with Gasteiger partial charge in [-0.3, -0.25) is 14.3 Å². The molecular weight excluding hydrogens is 462 g/mol. The monoisotopic (exact) mass is 495 g/mol. The molecule has 7 nitrogen and oxygen atoms in total. The Morgan fingerprint density at radius 1 is 1.00 bits per heavy atom. The Morgan fingerprint density at radius 3 is 2.51 bits per heavy atom. The van der Waals surface area contributed by atoms with Crippen molar-refractivity contribution < 1.29 is 9.59 Å². The molecule has 1 aliphatic rings. The third-order valence-electron chi connectivity index (χ3n) is 7.63. The van der Waals surface area contributed by atoms with Gasteiger partial charge in [-0.2, -0.15) is 5.10 Å². The molecule has 7 heteroatoms. The van der Waals surface area contributed by atoms with Crippen molar-refractivity contribution in [2.24, 2.45) is 5.92 Å². The summed E-state index contributed by atoms with van der Waals surface area (Å²) in [6, 6.07) is 21.9. The number of para-hydroxylation sites is 1. The number of hydrogen-bond donors (Lipinski definition) is 0. The number of rotatable bonds is 7. The molecular formula is C30H33N5O2. The van der Waals surface area contributed by atoms with Gasteiger partial charge in [-0.25, -0.2) is 4.98 Å². The molecule has 0 N–H and O–H groups in total. The largest absolute Gasteiger partial charge is 0.341 e. The van der Waals surface area contributed by atoms with Crippen LogP contribution in [0, 0.1) is 12.8 Å². The lowest BCUT2D eigenvalue weighted by atomic mass is 9.84. The molecule has 3 heterocycles. The van der Waals surface area contributed by atoms with Crippen LogP contribution in [-0.2, 0) is 17.8 Å². The molecule has 0 aliphatic carbocycles. The Hall–Kier alpha value is -4.00. The number of carbonyl (C=O) groups excluding carboxylic acids is 2. The summed E-state index contributed by atoms with van der Waals surface area (Å²) in [6.45, 7) is 3.65. The molecule has 0 unspecified atom stereocenters. The molecule has 0 saturated carbocycles. The highest BCUT2D eigenvalue weighted by molar-refractivity contribution is 5.95. The number of nitrogens with zero attached hydrogens (tertiary/aromatic N) is 5. The van der Waals surface area contributed by atoms with E-state index < -0.39 is 0 Å². The zero-order valence-corrected chi connectivity index (χ0v) is 21.5. The summed E-state index contributed by atoms with van der Waals surface area (Å²) in [7, 11) is 1.91. The van der Waals surface area contributed by atoms with Crippen LogP contribution in [0.4, 0.5) is 0 Å². The van der Waals surface area contributed by atoms with E-state index in [-0.39, 0.29) is 24.4 Å². The van der Waals surface area contributed by atoms with E-state index in [0.29, 0.717) is 24.7 Å². The van der Waals surface area contributed by atoms with Crippen LogP contribution in [-0.4, -0.2) is 62.6 Å². The number of pyridine rings is 1. The summed E-state index contributed by atoms with van der Waals surface area (Å²) >= 11 is 0. The van der Waals surface area contributed by atoms with Gasteiger partial charge in [0.15, 0.2) is 0 Å². The van der Waals surface area contributed by atoms with E-state index in [4.69, 9.17) is 0 Å². The van der Waals surface area contributed by atoms with Gasteiger partial charge in [-0.1, -0.05) is 48.5 Å². The van der Waals surface area contributed by atoms with Crippen LogP contribution in [0.1, 0.15) is 34.5 Å². The lowest BCUT2D eigenvalue weighted by Gasteiger charge is -2.40. The first-order chi connectivity index (χ1) is 18.0. The van der Waals surface area contributed by atoms with E-state index in [1.165, 1.54) is 11.1 Å². The molecule has 1 fully saturated rings. The van der Waals surface area contributed by atoms with E-state index in [9.17, 15) is 9.59 Å². The second-order valence-electron chi connectivity index (χ2n) is 9.93. The molecule has 0 radical (unpaired) electrons. The number of aryl methyl sites for hydroxylation is 1. The maximum atomic E-state index is 13.3. The molecule has 2 aromatic heterocycles. The summed E-state index contributed by atoms with van der Waals surface area (Å²) in [5.41, 5.74) is 3.81. The fourth-order valence-corrected chi connectivity index (χ4v) is 5.35. The van der Waals surface area contributed by atoms with Gasteiger partial charge in [0.05, 0.1) is 5.52 Å². The Morgan fingerprint density at radius 2 is 1.76 bits per heavy atom. The van der Waals surface area contributed by atoms with Crippen LogP contribution >= 0.6 is 0 Å². The lowest BCUT2D eigenvalue weighted by Crippen LogP contribution is -2.49. The van der Waals surface area contributed by atoms with E-state index in [0.717, 1.165) is 30.2 Å². The topological polar surface area (TPSA) is 71.3 Å².